The number of aliphatic carboxylic acids is 1. The maximum atomic E-state index is 11.7. The molecule has 104 heavy (non-hydrogen) atoms. The van der Waals surface area contributed by atoms with Crippen LogP contribution in [0.2, 0.25) is 0 Å². The van der Waals surface area contributed by atoms with E-state index in [-0.39, 0.29) is 36.9 Å². The second-order valence-corrected chi connectivity index (χ2v) is 41.0. The van der Waals surface area contributed by atoms with Gasteiger partial charge < -0.3 is 44.0 Å². The molecule has 8 rings (SSSR count). The van der Waals surface area contributed by atoms with Crippen molar-refractivity contribution in [2.45, 2.75) is 135 Å². The number of rotatable bonds is 23. The Hall–Kier alpha value is -9.39. The normalized spacial score (nSPS) is 11.5. The number of halogens is 6. The summed E-state index contributed by atoms with van der Waals surface area (Å²) >= 11 is 29.7. The molecule has 8 aromatic rings. The summed E-state index contributed by atoms with van der Waals surface area (Å²) in [5, 5.41) is 34.1. The second kappa shape index (κ2) is 43.7. The van der Waals surface area contributed by atoms with Gasteiger partial charge in [0, 0.05) is 83.0 Å². The quantitative estimate of drug-likeness (QED) is 0.0150. The van der Waals surface area contributed by atoms with Crippen LogP contribution >= 0.6 is 71.2 Å². The Morgan fingerprint density at radius 3 is 1.03 bits per heavy atom. The molecule has 4 aromatic heterocycles. The van der Waals surface area contributed by atoms with E-state index in [9.17, 15) is 24.0 Å². The number of carbonyl (C=O) groups excluding carboxylic acids is 4. The fourth-order valence-corrected chi connectivity index (χ4v) is 8.00. The summed E-state index contributed by atoms with van der Waals surface area (Å²) in [6.45, 7) is 31.9. The van der Waals surface area contributed by atoms with Gasteiger partial charge in [0.05, 0.1) is 43.7 Å². The van der Waals surface area contributed by atoms with Gasteiger partial charge in [0.15, 0.2) is 23.3 Å². The molecule has 0 unspecified atom stereocenters. The van der Waals surface area contributed by atoms with Crippen LogP contribution in [0, 0.1) is 50.9 Å². The molecular formula is C70H85Cl6N14O13P. The van der Waals surface area contributed by atoms with Crippen LogP contribution in [-0.2, 0) is 28.6 Å². The summed E-state index contributed by atoms with van der Waals surface area (Å²) in [5.41, 5.74) is 11.9. The van der Waals surface area contributed by atoms with E-state index in [4.69, 9.17) is 108 Å². The first-order chi connectivity index (χ1) is 48.5. The van der Waals surface area contributed by atoms with E-state index >= 15 is 0 Å². The van der Waals surface area contributed by atoms with Crippen LogP contribution in [0.3, 0.4) is 0 Å². The molecule has 0 fully saturated rings. The van der Waals surface area contributed by atoms with Crippen molar-refractivity contribution in [2.24, 2.45) is 17.6 Å². The van der Waals surface area contributed by atoms with Crippen molar-refractivity contribution in [1.82, 2.24) is 59.1 Å². The molecule has 0 aliphatic heterocycles. The molecular weight excluding hydrogens is 1490 g/mol. The zero-order valence-electron chi connectivity index (χ0n) is 60.2. The van der Waals surface area contributed by atoms with Gasteiger partial charge in [-0.1, -0.05) is 27.7 Å². The Labute approximate surface area is 633 Å². The zero-order valence-corrected chi connectivity index (χ0v) is 65.6. The number of allylic oxidation sites excluding steroid dienone is 1. The van der Waals surface area contributed by atoms with Gasteiger partial charge in [0.25, 0.3) is 0 Å². The SMILES string of the molecule is CC(C)COC(=O)Cl.Cc1cc(OC(C)C)cc(-c2ncn(/C=C\C#N)n2)c1.Cc1cc(OC(C)C)cc(-c2ncn(/C=C\C(=O)O)n2)c1.Cc1cc(OC(C)C)cc(-c2ncn(/C=C\C(=O)OC(=O)OCC(C)C)n2)c1.Cc1cc(OC(C)C)cc(-c2ncn(/C=C\C(N)=O)n2)c1.ClP(Cl)(Cl)(Cl)Cl. The Balaban J connectivity index is 0.000000341. The fraction of sp³-hybridized carbons (Fsp3) is 0.343. The summed E-state index contributed by atoms with van der Waals surface area (Å²) in [5.74, 6) is 3.33. The second-order valence-electron chi connectivity index (χ2n) is 24.1. The zero-order chi connectivity index (χ0) is 78.0. The van der Waals surface area contributed by atoms with Gasteiger partial charge in [-0.25, -0.2) is 57.8 Å². The van der Waals surface area contributed by atoms with E-state index in [1.54, 1.807) is 12.5 Å². The maximum absolute atomic E-state index is 11.7. The van der Waals surface area contributed by atoms with Crippen molar-refractivity contribution in [3.8, 4) is 74.6 Å². The van der Waals surface area contributed by atoms with Crippen molar-refractivity contribution >= 4 is 125 Å². The number of benzene rings is 4. The van der Waals surface area contributed by atoms with Crippen LogP contribution in [-0.4, -0.2) is 131 Å². The van der Waals surface area contributed by atoms with Crippen LogP contribution in [0.4, 0.5) is 9.59 Å². The first-order valence-electron chi connectivity index (χ1n) is 31.8. The standard InChI is InChI=1S/C20H25N3O5.C15H18N4O2.C15H16N4O.C15H17N3O3.C5H9ClO2.Cl5P/c1-13(2)11-26-20(25)28-18(24)6-7-23-12-21-19(22-23)16-8-15(5)9-17(10-16)27-14(3)4;1-10(2)21-13-7-11(3)6-12(8-13)15-17-9-19(18-15)5-4-14(16)20;1-11(2)20-14-8-12(3)7-13(9-14)15-17-10-19(18-15)6-4-5-16;1-10(2)21-13-7-11(3)6-12(8-13)15-16-9-18(17-15)5-4-14(19)20;1-4(2)3-8-5(6)7;1-6(2,3,4)5/h6-10,12-14H,11H2,1-5H3;4-10H,1-3H3,(H2,16,20);4,6-11H,1-3H3;4-10H,1-3H3,(H,19,20);4H,3H2,1-2H3;/b7-6-;5-4-;6-4-;5-4-;;. The van der Waals surface area contributed by atoms with E-state index in [1.807, 2.05) is 190 Å². The number of carboxylic acids is 1. The number of primary amides is 1. The summed E-state index contributed by atoms with van der Waals surface area (Å²) in [6, 6.07) is 25.2. The summed E-state index contributed by atoms with van der Waals surface area (Å²) in [6.07, 6.45) is 15.6. The van der Waals surface area contributed by atoms with Gasteiger partial charge in [-0.3, -0.25) is 4.79 Å². The molecule has 27 nitrogen and oxygen atoms in total. The molecule has 4 heterocycles. The summed E-state index contributed by atoms with van der Waals surface area (Å²) in [7, 11) is 0. The molecule has 0 spiro atoms. The Bertz CT molecular complexity index is 4150. The van der Waals surface area contributed by atoms with Gasteiger partial charge in [0.1, 0.15) is 48.3 Å². The molecule has 4 aromatic carbocycles. The number of nitrogens with two attached hydrogens (primary N) is 1. The number of hydrogen-bond acceptors (Lipinski definition) is 21. The number of aryl methyl sites for hydroxylation is 4. The third-order valence-corrected chi connectivity index (χ3v) is 11.5. The topological polar surface area (TPSA) is 343 Å². The number of hydrogen-bond donors (Lipinski definition) is 2. The molecule has 0 aliphatic carbocycles. The van der Waals surface area contributed by atoms with E-state index in [0.717, 1.165) is 79.7 Å². The molecule has 34 heteroatoms. The van der Waals surface area contributed by atoms with Crippen LogP contribution in [0.15, 0.2) is 122 Å². The number of carbonyl (C=O) groups is 5. The Morgan fingerprint density at radius 1 is 0.481 bits per heavy atom. The minimum atomic E-state index is -3.69. The van der Waals surface area contributed by atoms with Gasteiger partial charge >= 0.3 is 83.1 Å². The van der Waals surface area contributed by atoms with Crippen molar-refractivity contribution in [2.75, 3.05) is 13.2 Å². The number of aromatic nitrogens is 12. The predicted octanol–water partition coefficient (Wildman–Crippen LogP) is 17.8. The first-order valence-corrected chi connectivity index (χ1v) is 38.9. The van der Waals surface area contributed by atoms with Gasteiger partial charge in [-0.15, -0.1) is 20.4 Å². The molecule has 0 saturated heterocycles. The number of carboxylic acid groups (broad SMARTS) is 1. The molecule has 0 aliphatic rings. The van der Waals surface area contributed by atoms with Crippen molar-refractivity contribution in [3.63, 3.8) is 0 Å². The number of amides is 1. The average molecular weight is 1570 g/mol. The van der Waals surface area contributed by atoms with Crippen molar-refractivity contribution in [1.29, 1.82) is 5.26 Å². The summed E-state index contributed by atoms with van der Waals surface area (Å²) < 4.78 is 38.5. The fourth-order valence-electron chi connectivity index (χ4n) is 7.93. The van der Waals surface area contributed by atoms with Crippen molar-refractivity contribution < 1.29 is 62.2 Å². The molecule has 3 N–H and O–H groups in total. The molecule has 1 amide bonds. The molecule has 0 bridgehead atoms. The number of nitriles is 1. The number of ether oxygens (including phenoxy) is 7. The Morgan fingerprint density at radius 2 is 0.769 bits per heavy atom. The van der Waals surface area contributed by atoms with E-state index in [1.165, 1.54) is 68.5 Å². The predicted molar refractivity (Wildman–Crippen MR) is 408 cm³/mol. The van der Waals surface area contributed by atoms with Gasteiger partial charge in [-0.2, -0.15) is 5.26 Å². The van der Waals surface area contributed by atoms with E-state index in [2.05, 4.69) is 49.8 Å². The number of esters is 1. The van der Waals surface area contributed by atoms with E-state index < -0.39 is 32.8 Å². The molecule has 560 valence electrons. The average Bonchev–Trinajstić information content (AvgIpc) is 1.61. The van der Waals surface area contributed by atoms with Gasteiger partial charge in [0.2, 0.25) is 5.91 Å². The van der Waals surface area contributed by atoms with Crippen LogP contribution in [0.25, 0.3) is 70.4 Å². The molecule has 0 radical (unpaired) electrons. The number of nitrogens with zero attached hydrogens (tertiary/aromatic N) is 13. The Kier molecular flexibility index (Phi) is 37.3. The third-order valence-electron chi connectivity index (χ3n) is 11.4. The van der Waals surface area contributed by atoms with Crippen LogP contribution in [0.5, 0.6) is 23.0 Å². The van der Waals surface area contributed by atoms with Crippen molar-refractivity contribution in [3.05, 3.63) is 145 Å². The molecule has 0 saturated carbocycles. The van der Waals surface area contributed by atoms with Crippen LogP contribution < -0.4 is 24.7 Å². The monoisotopic (exact) mass is 1570 g/mol. The van der Waals surface area contributed by atoms with Crippen LogP contribution in [0.1, 0.15) is 105 Å². The minimum absolute atomic E-state index is 0.0568. The molecule has 0 atom stereocenters. The van der Waals surface area contributed by atoms with Gasteiger partial charge in [-0.05, 0) is 190 Å². The first kappa shape index (κ1) is 88.8. The van der Waals surface area contributed by atoms with E-state index in [0.29, 0.717) is 35.8 Å². The summed E-state index contributed by atoms with van der Waals surface area (Å²) in [4.78, 5) is 70.9. The third kappa shape index (κ3) is 39.9.